The van der Waals surface area contributed by atoms with Crippen molar-refractivity contribution < 1.29 is 4.74 Å². The van der Waals surface area contributed by atoms with Crippen LogP contribution in [0.5, 0.6) is 5.88 Å². The summed E-state index contributed by atoms with van der Waals surface area (Å²) in [6, 6.07) is 5.85. The van der Waals surface area contributed by atoms with Gasteiger partial charge in [-0.25, -0.2) is 14.5 Å². The van der Waals surface area contributed by atoms with Gasteiger partial charge in [-0.3, -0.25) is 0 Å². The summed E-state index contributed by atoms with van der Waals surface area (Å²) in [7, 11) is 1.65. The summed E-state index contributed by atoms with van der Waals surface area (Å²) in [4.78, 5) is 11.3. The average molecular weight is 373 g/mol. The van der Waals surface area contributed by atoms with Crippen LogP contribution in [-0.2, 0) is 0 Å². The van der Waals surface area contributed by atoms with Crippen molar-refractivity contribution in [2.75, 3.05) is 38.2 Å². The average Bonchev–Trinajstić information content (AvgIpc) is 3.33. The second-order valence-corrected chi connectivity index (χ2v) is 6.73. The smallest absolute Gasteiger partial charge is 0.221 e. The molecule has 2 aliphatic heterocycles. The molecule has 26 heavy (non-hydrogen) atoms. The molecule has 8 heteroatoms. The van der Waals surface area contributed by atoms with E-state index in [2.05, 4.69) is 20.2 Å². The van der Waals surface area contributed by atoms with Crippen molar-refractivity contribution in [1.29, 1.82) is 0 Å². The number of rotatable bonds is 3. The van der Waals surface area contributed by atoms with E-state index >= 15 is 0 Å². The highest BCUT2D eigenvalue weighted by Gasteiger charge is 2.38. The van der Waals surface area contributed by atoms with Gasteiger partial charge in [0.05, 0.1) is 18.2 Å². The van der Waals surface area contributed by atoms with Gasteiger partial charge >= 0.3 is 0 Å². The first kappa shape index (κ1) is 17.1. The zero-order valence-corrected chi connectivity index (χ0v) is 15.3. The molecule has 0 aliphatic carbocycles. The first-order chi connectivity index (χ1) is 12.3. The van der Waals surface area contributed by atoms with E-state index in [1.807, 2.05) is 28.9 Å². The van der Waals surface area contributed by atoms with E-state index in [1.54, 1.807) is 19.5 Å². The van der Waals surface area contributed by atoms with Gasteiger partial charge in [-0.2, -0.15) is 0 Å². The molecule has 0 aromatic carbocycles. The zero-order chi connectivity index (χ0) is 16.8. The van der Waals surface area contributed by atoms with Crippen molar-refractivity contribution in [3.63, 3.8) is 0 Å². The van der Waals surface area contributed by atoms with Gasteiger partial charge in [-0.1, -0.05) is 0 Å². The molecule has 5 rings (SSSR count). The summed E-state index contributed by atoms with van der Waals surface area (Å²) < 4.78 is 7.36. The maximum atomic E-state index is 5.51. The van der Waals surface area contributed by atoms with Crippen LogP contribution in [0.1, 0.15) is 0 Å². The van der Waals surface area contributed by atoms with Gasteiger partial charge in [-0.05, 0) is 30.0 Å². The standard InChI is InChI=1S/C18H20N6O.ClH/c1-25-18-14(4-2-5-21-18)15-16-20-6-3-7-24(16)22-17(15)23-10-12-8-19-9-13(12)11-23;/h2-7,12-13,19H,8-11H2,1H3;1H. The van der Waals surface area contributed by atoms with E-state index in [0.29, 0.717) is 17.7 Å². The predicted octanol–water partition coefficient (Wildman–Crippen LogP) is 1.88. The molecule has 1 N–H and O–H groups in total. The van der Waals surface area contributed by atoms with Crippen LogP contribution in [0.3, 0.4) is 0 Å². The summed E-state index contributed by atoms with van der Waals surface area (Å²) in [5, 5.41) is 8.34. The number of anilines is 1. The SMILES string of the molecule is COc1ncccc1-c1c(N2CC3CNCC3C2)nn2cccnc12.Cl. The predicted molar refractivity (Wildman–Crippen MR) is 102 cm³/mol. The Hall–Kier alpha value is -2.38. The van der Waals surface area contributed by atoms with E-state index in [1.165, 1.54) is 0 Å². The van der Waals surface area contributed by atoms with Crippen molar-refractivity contribution >= 4 is 23.9 Å². The molecule has 0 radical (unpaired) electrons. The third-order valence-corrected chi connectivity index (χ3v) is 5.30. The lowest BCUT2D eigenvalue weighted by molar-refractivity contribution is 0.399. The normalized spacial score (nSPS) is 21.7. The number of hydrogen-bond donors (Lipinski definition) is 1. The number of methoxy groups -OCH3 is 1. The van der Waals surface area contributed by atoms with Crippen LogP contribution >= 0.6 is 12.4 Å². The van der Waals surface area contributed by atoms with Crippen LogP contribution in [0.25, 0.3) is 16.8 Å². The molecule has 0 bridgehead atoms. The number of hydrogen-bond acceptors (Lipinski definition) is 6. The molecule has 2 aliphatic rings. The number of ether oxygens (including phenoxy) is 1. The summed E-state index contributed by atoms with van der Waals surface area (Å²) in [6.45, 7) is 4.24. The number of pyridine rings is 1. The van der Waals surface area contributed by atoms with Crippen molar-refractivity contribution in [2.45, 2.75) is 0 Å². The second kappa shape index (κ2) is 6.74. The molecule has 0 spiro atoms. The first-order valence-corrected chi connectivity index (χ1v) is 8.63. The molecule has 0 amide bonds. The third kappa shape index (κ3) is 2.59. The minimum absolute atomic E-state index is 0. The zero-order valence-electron chi connectivity index (χ0n) is 14.5. The monoisotopic (exact) mass is 372 g/mol. The summed E-state index contributed by atoms with van der Waals surface area (Å²) in [5.74, 6) is 2.97. The van der Waals surface area contributed by atoms with Crippen LogP contribution in [0.15, 0.2) is 36.8 Å². The Bertz CT molecular complexity index is 917. The molecule has 2 unspecified atom stereocenters. The van der Waals surface area contributed by atoms with Crippen LogP contribution < -0.4 is 15.0 Å². The van der Waals surface area contributed by atoms with Gasteiger partial charge in [0, 0.05) is 44.8 Å². The molecular formula is C18H21ClN6O. The lowest BCUT2D eigenvalue weighted by atomic mass is 10.0. The van der Waals surface area contributed by atoms with E-state index in [0.717, 1.165) is 48.8 Å². The van der Waals surface area contributed by atoms with Gasteiger partial charge in [-0.15, -0.1) is 17.5 Å². The van der Waals surface area contributed by atoms with Crippen molar-refractivity contribution in [2.24, 2.45) is 11.8 Å². The molecule has 5 heterocycles. The molecule has 136 valence electrons. The lowest BCUT2D eigenvalue weighted by Crippen LogP contribution is -2.26. The first-order valence-electron chi connectivity index (χ1n) is 8.63. The topological polar surface area (TPSA) is 67.6 Å². The third-order valence-electron chi connectivity index (χ3n) is 5.30. The van der Waals surface area contributed by atoms with Crippen LogP contribution in [0, 0.1) is 11.8 Å². The number of aromatic nitrogens is 4. The second-order valence-electron chi connectivity index (χ2n) is 6.73. The molecular weight excluding hydrogens is 352 g/mol. The van der Waals surface area contributed by atoms with E-state index < -0.39 is 0 Å². The molecule has 2 atom stereocenters. The molecule has 3 aromatic heterocycles. The Morgan fingerprint density at radius 1 is 1.12 bits per heavy atom. The molecule has 0 saturated carbocycles. The Kier molecular flexibility index (Phi) is 4.42. The Morgan fingerprint density at radius 2 is 1.88 bits per heavy atom. The minimum atomic E-state index is 0. The molecule has 2 saturated heterocycles. The van der Waals surface area contributed by atoms with Gasteiger partial charge in [0.1, 0.15) is 0 Å². The number of halogens is 1. The maximum Gasteiger partial charge on any atom is 0.221 e. The molecule has 2 fully saturated rings. The lowest BCUT2D eigenvalue weighted by Gasteiger charge is -2.18. The fourth-order valence-corrected chi connectivity index (χ4v) is 4.11. The molecule has 7 nitrogen and oxygen atoms in total. The molecule has 3 aromatic rings. The minimum Gasteiger partial charge on any atom is -0.481 e. The van der Waals surface area contributed by atoms with Gasteiger partial charge in [0.2, 0.25) is 5.88 Å². The fraction of sp³-hybridized carbons (Fsp3) is 0.389. The summed E-state index contributed by atoms with van der Waals surface area (Å²) in [5.41, 5.74) is 2.77. The largest absolute Gasteiger partial charge is 0.481 e. The highest BCUT2D eigenvalue weighted by Crippen LogP contribution is 2.40. The highest BCUT2D eigenvalue weighted by molar-refractivity contribution is 5.90. The quantitative estimate of drug-likeness (QED) is 0.757. The van der Waals surface area contributed by atoms with Crippen LogP contribution in [0.4, 0.5) is 5.82 Å². The van der Waals surface area contributed by atoms with Gasteiger partial charge in [0.25, 0.3) is 0 Å². The van der Waals surface area contributed by atoms with E-state index in [-0.39, 0.29) is 12.4 Å². The van der Waals surface area contributed by atoms with Crippen molar-refractivity contribution in [1.82, 2.24) is 24.9 Å². The summed E-state index contributed by atoms with van der Waals surface area (Å²) in [6.07, 6.45) is 5.49. The maximum absolute atomic E-state index is 5.51. The van der Waals surface area contributed by atoms with Crippen LogP contribution in [0.2, 0.25) is 0 Å². The van der Waals surface area contributed by atoms with Crippen LogP contribution in [-0.4, -0.2) is 52.9 Å². The van der Waals surface area contributed by atoms with Crippen molar-refractivity contribution in [3.8, 4) is 17.0 Å². The van der Waals surface area contributed by atoms with Gasteiger partial charge < -0.3 is 15.0 Å². The van der Waals surface area contributed by atoms with E-state index in [4.69, 9.17) is 9.84 Å². The number of nitrogens with one attached hydrogen (secondary N) is 1. The van der Waals surface area contributed by atoms with Crippen molar-refractivity contribution in [3.05, 3.63) is 36.8 Å². The Labute approximate surface area is 157 Å². The van der Waals surface area contributed by atoms with E-state index in [9.17, 15) is 0 Å². The summed E-state index contributed by atoms with van der Waals surface area (Å²) >= 11 is 0. The highest BCUT2D eigenvalue weighted by atomic mass is 35.5. The number of fused-ring (bicyclic) bond motifs is 2. The van der Waals surface area contributed by atoms with Gasteiger partial charge in [0.15, 0.2) is 11.5 Å². The Balaban J connectivity index is 0.00000168. The number of nitrogens with zero attached hydrogens (tertiary/aromatic N) is 5. The fourth-order valence-electron chi connectivity index (χ4n) is 4.11. The Morgan fingerprint density at radius 3 is 2.65 bits per heavy atom.